The van der Waals surface area contributed by atoms with E-state index in [1.807, 2.05) is 18.4 Å². The minimum atomic E-state index is -0.830. The predicted octanol–water partition coefficient (Wildman–Crippen LogP) is 0.328. The maximum Gasteiger partial charge on any atom is 0.309 e. The van der Waals surface area contributed by atoms with E-state index in [4.69, 9.17) is 5.11 Å². The number of carboxylic acids is 1. The standard InChI is InChI=1S/C9H10N2O2/c12-9(13)4-7-3-6-1-2-10-8(6)5-11-7/h1-3,8,10H,4-5H2,(H,12,13). The number of fused-ring (bicyclic) bond motifs is 1. The van der Waals surface area contributed by atoms with E-state index in [9.17, 15) is 4.79 Å². The monoisotopic (exact) mass is 178 g/mol. The quantitative estimate of drug-likeness (QED) is 0.640. The number of carbonyl (C=O) groups is 1. The molecule has 0 aromatic heterocycles. The fraction of sp³-hybridized carbons (Fsp3) is 0.333. The van der Waals surface area contributed by atoms with Gasteiger partial charge in [-0.25, -0.2) is 0 Å². The summed E-state index contributed by atoms with van der Waals surface area (Å²) in [4.78, 5) is 14.6. The highest BCUT2D eigenvalue weighted by molar-refractivity contribution is 6.06. The van der Waals surface area contributed by atoms with E-state index in [1.54, 1.807) is 0 Å². The lowest BCUT2D eigenvalue weighted by Crippen LogP contribution is -2.28. The van der Waals surface area contributed by atoms with Crippen LogP contribution in [0.2, 0.25) is 0 Å². The molecule has 0 saturated heterocycles. The summed E-state index contributed by atoms with van der Waals surface area (Å²) in [5, 5.41) is 11.7. The van der Waals surface area contributed by atoms with Gasteiger partial charge in [0.05, 0.1) is 19.0 Å². The van der Waals surface area contributed by atoms with Crippen LogP contribution in [0.4, 0.5) is 0 Å². The van der Waals surface area contributed by atoms with Crippen molar-refractivity contribution in [2.75, 3.05) is 6.54 Å². The molecular formula is C9H10N2O2. The smallest absolute Gasteiger partial charge is 0.309 e. The number of aliphatic carboxylic acids is 1. The Bertz CT molecular complexity index is 329. The highest BCUT2D eigenvalue weighted by Gasteiger charge is 2.19. The third kappa shape index (κ3) is 1.61. The highest BCUT2D eigenvalue weighted by atomic mass is 16.4. The summed E-state index contributed by atoms with van der Waals surface area (Å²) in [7, 11) is 0. The van der Waals surface area contributed by atoms with Gasteiger partial charge in [0.25, 0.3) is 0 Å². The van der Waals surface area contributed by atoms with Crippen molar-refractivity contribution in [1.82, 2.24) is 5.32 Å². The summed E-state index contributed by atoms with van der Waals surface area (Å²) in [6, 6.07) is 0.262. The Morgan fingerprint density at radius 2 is 2.62 bits per heavy atom. The van der Waals surface area contributed by atoms with Crippen molar-refractivity contribution < 1.29 is 9.90 Å². The van der Waals surface area contributed by atoms with Crippen LogP contribution < -0.4 is 5.32 Å². The Balaban J connectivity index is 2.12. The highest BCUT2D eigenvalue weighted by Crippen LogP contribution is 2.16. The summed E-state index contributed by atoms with van der Waals surface area (Å²) in [6.07, 6.45) is 5.69. The van der Waals surface area contributed by atoms with Gasteiger partial charge in [-0.2, -0.15) is 0 Å². The molecule has 0 amide bonds. The number of dihydropyridines is 1. The molecular weight excluding hydrogens is 168 g/mol. The van der Waals surface area contributed by atoms with Gasteiger partial charge in [0.2, 0.25) is 0 Å². The van der Waals surface area contributed by atoms with E-state index in [0.29, 0.717) is 12.3 Å². The van der Waals surface area contributed by atoms with Crippen molar-refractivity contribution in [3.8, 4) is 0 Å². The Kier molecular flexibility index (Phi) is 1.88. The number of rotatable bonds is 2. The lowest BCUT2D eigenvalue weighted by molar-refractivity contribution is -0.135. The molecule has 1 unspecified atom stereocenters. The number of nitrogens with zero attached hydrogens (tertiary/aromatic N) is 1. The van der Waals surface area contributed by atoms with Crippen molar-refractivity contribution in [3.63, 3.8) is 0 Å². The van der Waals surface area contributed by atoms with E-state index >= 15 is 0 Å². The fourth-order valence-corrected chi connectivity index (χ4v) is 1.49. The first-order chi connectivity index (χ1) is 6.25. The second-order valence-electron chi connectivity index (χ2n) is 3.10. The lowest BCUT2D eigenvalue weighted by atomic mass is 10.0. The Morgan fingerprint density at radius 3 is 3.38 bits per heavy atom. The number of hydrogen-bond acceptors (Lipinski definition) is 3. The van der Waals surface area contributed by atoms with Crippen molar-refractivity contribution in [2.45, 2.75) is 12.5 Å². The van der Waals surface area contributed by atoms with Gasteiger partial charge in [0, 0.05) is 5.71 Å². The van der Waals surface area contributed by atoms with Crippen molar-refractivity contribution in [2.24, 2.45) is 4.99 Å². The van der Waals surface area contributed by atoms with Gasteiger partial charge in [-0.1, -0.05) is 0 Å². The molecule has 1 atom stereocenters. The van der Waals surface area contributed by atoms with E-state index in [-0.39, 0.29) is 12.5 Å². The van der Waals surface area contributed by atoms with E-state index in [1.165, 1.54) is 0 Å². The maximum absolute atomic E-state index is 10.4. The van der Waals surface area contributed by atoms with Crippen LogP contribution in [0.3, 0.4) is 0 Å². The summed E-state index contributed by atoms with van der Waals surface area (Å²) in [5.74, 6) is -0.830. The van der Waals surface area contributed by atoms with Crippen LogP contribution in [-0.2, 0) is 4.79 Å². The summed E-state index contributed by atoms with van der Waals surface area (Å²) < 4.78 is 0. The van der Waals surface area contributed by atoms with Gasteiger partial charge in [0.15, 0.2) is 0 Å². The molecule has 0 spiro atoms. The molecule has 0 bridgehead atoms. The average molecular weight is 178 g/mol. The molecule has 0 aromatic carbocycles. The van der Waals surface area contributed by atoms with Gasteiger partial charge in [0.1, 0.15) is 0 Å². The number of hydrogen-bond donors (Lipinski definition) is 2. The normalized spacial score (nSPS) is 24.5. The molecule has 2 aliphatic heterocycles. The van der Waals surface area contributed by atoms with Gasteiger partial charge >= 0.3 is 5.97 Å². The molecule has 4 nitrogen and oxygen atoms in total. The number of aliphatic imine (C=N–C) groups is 1. The first kappa shape index (κ1) is 8.04. The maximum atomic E-state index is 10.4. The molecule has 2 aliphatic rings. The molecule has 0 aromatic rings. The van der Waals surface area contributed by atoms with Crippen LogP contribution in [0.1, 0.15) is 6.42 Å². The third-order valence-electron chi connectivity index (χ3n) is 2.12. The molecule has 0 aliphatic carbocycles. The molecule has 0 fully saturated rings. The second-order valence-corrected chi connectivity index (χ2v) is 3.10. The van der Waals surface area contributed by atoms with Crippen LogP contribution in [-0.4, -0.2) is 29.4 Å². The minimum Gasteiger partial charge on any atom is -0.481 e. The lowest BCUT2D eigenvalue weighted by Gasteiger charge is -2.15. The van der Waals surface area contributed by atoms with Crippen molar-refractivity contribution in [1.29, 1.82) is 0 Å². The SMILES string of the molecule is O=C(O)CC1=NCC2NC=CC2=C1. The molecule has 2 N–H and O–H groups in total. The number of allylic oxidation sites excluding steroid dienone is 1. The Morgan fingerprint density at radius 1 is 1.77 bits per heavy atom. The molecule has 4 heteroatoms. The molecule has 0 radical (unpaired) electrons. The Labute approximate surface area is 75.7 Å². The first-order valence-electron chi connectivity index (χ1n) is 4.15. The van der Waals surface area contributed by atoms with E-state index in [2.05, 4.69) is 10.3 Å². The third-order valence-corrected chi connectivity index (χ3v) is 2.12. The fourth-order valence-electron chi connectivity index (χ4n) is 1.49. The average Bonchev–Trinajstić information content (AvgIpc) is 2.49. The van der Waals surface area contributed by atoms with E-state index < -0.39 is 5.97 Å². The first-order valence-corrected chi connectivity index (χ1v) is 4.15. The zero-order chi connectivity index (χ0) is 9.26. The predicted molar refractivity (Wildman–Crippen MR) is 48.7 cm³/mol. The molecule has 68 valence electrons. The van der Waals surface area contributed by atoms with Crippen LogP contribution >= 0.6 is 0 Å². The van der Waals surface area contributed by atoms with Gasteiger partial charge < -0.3 is 10.4 Å². The summed E-state index contributed by atoms with van der Waals surface area (Å²) >= 11 is 0. The minimum absolute atomic E-state index is 0.0179. The van der Waals surface area contributed by atoms with Gasteiger partial charge in [-0.15, -0.1) is 0 Å². The number of carboxylic acid groups (broad SMARTS) is 1. The van der Waals surface area contributed by atoms with E-state index in [0.717, 1.165) is 5.57 Å². The second kappa shape index (κ2) is 3.05. The van der Waals surface area contributed by atoms with Gasteiger partial charge in [-0.3, -0.25) is 9.79 Å². The molecule has 13 heavy (non-hydrogen) atoms. The van der Waals surface area contributed by atoms with Crippen molar-refractivity contribution >= 4 is 11.7 Å². The van der Waals surface area contributed by atoms with Crippen LogP contribution in [0.5, 0.6) is 0 Å². The molecule has 0 saturated carbocycles. The summed E-state index contributed by atoms with van der Waals surface area (Å²) in [6.45, 7) is 0.640. The number of nitrogens with one attached hydrogen (secondary N) is 1. The zero-order valence-electron chi connectivity index (χ0n) is 7.03. The van der Waals surface area contributed by atoms with Crippen LogP contribution in [0.15, 0.2) is 28.9 Å². The molecule has 2 rings (SSSR count). The zero-order valence-corrected chi connectivity index (χ0v) is 7.03. The van der Waals surface area contributed by atoms with Gasteiger partial charge in [-0.05, 0) is 23.9 Å². The summed E-state index contributed by atoms with van der Waals surface area (Å²) in [5.41, 5.74) is 1.79. The molecule has 2 heterocycles. The Hall–Kier alpha value is -1.58. The largest absolute Gasteiger partial charge is 0.481 e. The van der Waals surface area contributed by atoms with Crippen LogP contribution in [0.25, 0.3) is 0 Å². The van der Waals surface area contributed by atoms with Crippen molar-refractivity contribution in [3.05, 3.63) is 23.9 Å². The van der Waals surface area contributed by atoms with Crippen LogP contribution in [0, 0.1) is 0 Å². The topological polar surface area (TPSA) is 61.7 Å².